The SMILES string of the molecule is CN=C(NCC(c1ccc(OC)cc1)N1CCOCC1)NC1C2CCOC2C12CCC2. The third-order valence-corrected chi connectivity index (χ3v) is 8.00. The molecule has 2 aliphatic carbocycles. The molecule has 2 aliphatic heterocycles. The lowest BCUT2D eigenvalue weighted by molar-refractivity contribution is -0.171. The van der Waals surface area contributed by atoms with E-state index in [9.17, 15) is 0 Å². The maximum absolute atomic E-state index is 6.08. The number of methoxy groups -OCH3 is 1. The molecule has 0 amide bonds. The second-order valence-electron chi connectivity index (χ2n) is 9.34. The predicted molar refractivity (Wildman–Crippen MR) is 121 cm³/mol. The van der Waals surface area contributed by atoms with E-state index in [0.717, 1.165) is 51.2 Å². The molecule has 4 unspecified atom stereocenters. The van der Waals surface area contributed by atoms with E-state index in [2.05, 4.69) is 32.7 Å². The molecule has 170 valence electrons. The molecular formula is C24H36N4O3. The van der Waals surface area contributed by atoms with Gasteiger partial charge in [-0.15, -0.1) is 0 Å². The van der Waals surface area contributed by atoms with Gasteiger partial charge in [0, 0.05) is 50.7 Å². The lowest BCUT2D eigenvalue weighted by Gasteiger charge is -2.63. The van der Waals surface area contributed by atoms with Crippen molar-refractivity contribution in [2.75, 3.05) is 53.6 Å². The molecule has 2 heterocycles. The zero-order valence-electron chi connectivity index (χ0n) is 18.8. The van der Waals surface area contributed by atoms with Crippen LogP contribution >= 0.6 is 0 Å². The molecule has 0 bridgehead atoms. The quantitative estimate of drug-likeness (QED) is 0.535. The van der Waals surface area contributed by atoms with Crippen molar-refractivity contribution in [3.05, 3.63) is 29.8 Å². The molecule has 1 aromatic rings. The van der Waals surface area contributed by atoms with Crippen LogP contribution in [0.1, 0.15) is 37.3 Å². The maximum Gasteiger partial charge on any atom is 0.191 e. The topological polar surface area (TPSA) is 67.4 Å². The number of aliphatic imine (C=N–C) groups is 1. The minimum Gasteiger partial charge on any atom is -0.497 e. The van der Waals surface area contributed by atoms with Crippen LogP contribution in [-0.4, -0.2) is 76.6 Å². The van der Waals surface area contributed by atoms with Crippen LogP contribution in [0.15, 0.2) is 29.3 Å². The van der Waals surface area contributed by atoms with Gasteiger partial charge in [0.05, 0.1) is 32.5 Å². The monoisotopic (exact) mass is 428 g/mol. The fourth-order valence-corrected chi connectivity index (χ4v) is 6.16. The molecule has 5 rings (SSSR count). The van der Waals surface area contributed by atoms with Crippen LogP contribution in [-0.2, 0) is 9.47 Å². The highest BCUT2D eigenvalue weighted by atomic mass is 16.5. The van der Waals surface area contributed by atoms with Gasteiger partial charge in [0.1, 0.15) is 5.75 Å². The second-order valence-corrected chi connectivity index (χ2v) is 9.34. The van der Waals surface area contributed by atoms with Crippen molar-refractivity contribution in [2.45, 2.75) is 43.9 Å². The third-order valence-electron chi connectivity index (χ3n) is 8.00. The van der Waals surface area contributed by atoms with Crippen LogP contribution in [0.5, 0.6) is 5.75 Å². The first-order valence-corrected chi connectivity index (χ1v) is 11.8. The summed E-state index contributed by atoms with van der Waals surface area (Å²) in [6, 6.07) is 9.19. The van der Waals surface area contributed by atoms with Gasteiger partial charge in [-0.1, -0.05) is 18.6 Å². The van der Waals surface area contributed by atoms with Gasteiger partial charge in [-0.05, 0) is 37.0 Å². The fraction of sp³-hybridized carbons (Fsp3) is 0.708. The summed E-state index contributed by atoms with van der Waals surface area (Å²) in [7, 11) is 3.59. The van der Waals surface area contributed by atoms with Crippen LogP contribution < -0.4 is 15.4 Å². The van der Waals surface area contributed by atoms with E-state index in [0.29, 0.717) is 23.5 Å². The van der Waals surface area contributed by atoms with Crippen molar-refractivity contribution in [3.8, 4) is 5.75 Å². The van der Waals surface area contributed by atoms with E-state index >= 15 is 0 Å². The molecular weight excluding hydrogens is 392 g/mol. The summed E-state index contributed by atoms with van der Waals surface area (Å²) < 4.78 is 17.0. The molecule has 7 nitrogen and oxygen atoms in total. The van der Waals surface area contributed by atoms with Gasteiger partial charge in [0.25, 0.3) is 0 Å². The summed E-state index contributed by atoms with van der Waals surface area (Å²) in [5, 5.41) is 7.43. The van der Waals surface area contributed by atoms with Gasteiger partial charge < -0.3 is 24.8 Å². The molecule has 4 fully saturated rings. The minimum atomic E-state index is 0.259. The number of hydrogen-bond acceptors (Lipinski definition) is 5. The average Bonchev–Trinajstić information content (AvgIpc) is 3.21. The van der Waals surface area contributed by atoms with Crippen molar-refractivity contribution < 1.29 is 14.2 Å². The first-order valence-electron chi connectivity index (χ1n) is 11.8. The van der Waals surface area contributed by atoms with E-state index in [1.165, 1.54) is 31.2 Å². The Morgan fingerprint density at radius 3 is 2.65 bits per heavy atom. The van der Waals surface area contributed by atoms with Gasteiger partial charge in [0.15, 0.2) is 5.96 Å². The highest BCUT2D eigenvalue weighted by Crippen LogP contribution is 2.62. The Hall–Kier alpha value is -1.83. The van der Waals surface area contributed by atoms with Crippen molar-refractivity contribution >= 4 is 5.96 Å². The molecule has 31 heavy (non-hydrogen) atoms. The number of benzene rings is 1. The van der Waals surface area contributed by atoms with Crippen LogP contribution in [0.25, 0.3) is 0 Å². The number of guanidine groups is 1. The molecule has 4 aliphatic rings. The van der Waals surface area contributed by atoms with Crippen LogP contribution in [0.4, 0.5) is 0 Å². The summed E-state index contributed by atoms with van der Waals surface area (Å²) in [5.74, 6) is 2.43. The Kier molecular flexibility index (Phi) is 6.08. The van der Waals surface area contributed by atoms with Crippen molar-refractivity contribution in [2.24, 2.45) is 16.3 Å². The maximum atomic E-state index is 6.08. The van der Waals surface area contributed by atoms with E-state index < -0.39 is 0 Å². The number of hydrogen-bond donors (Lipinski definition) is 2. The zero-order valence-corrected chi connectivity index (χ0v) is 18.8. The smallest absolute Gasteiger partial charge is 0.191 e. The van der Waals surface area contributed by atoms with Gasteiger partial charge in [0.2, 0.25) is 0 Å². The van der Waals surface area contributed by atoms with Crippen LogP contribution in [0.2, 0.25) is 0 Å². The Morgan fingerprint density at radius 2 is 2.00 bits per heavy atom. The number of nitrogens with zero attached hydrogens (tertiary/aromatic N) is 2. The number of morpholine rings is 1. The number of ether oxygens (including phenoxy) is 3. The Bertz CT molecular complexity index is 774. The summed E-state index contributed by atoms with van der Waals surface area (Å²) in [6.07, 6.45) is 5.53. The van der Waals surface area contributed by atoms with Crippen LogP contribution in [0, 0.1) is 11.3 Å². The van der Waals surface area contributed by atoms with Gasteiger partial charge in [-0.25, -0.2) is 0 Å². The summed E-state index contributed by atoms with van der Waals surface area (Å²) in [5.41, 5.74) is 1.63. The van der Waals surface area contributed by atoms with Crippen LogP contribution in [0.3, 0.4) is 0 Å². The summed E-state index contributed by atoms with van der Waals surface area (Å²) >= 11 is 0. The highest BCUT2D eigenvalue weighted by Gasteiger charge is 2.66. The van der Waals surface area contributed by atoms with E-state index in [1.807, 2.05) is 19.2 Å². The largest absolute Gasteiger partial charge is 0.497 e. The molecule has 0 aromatic heterocycles. The first kappa shape index (κ1) is 21.0. The van der Waals surface area contributed by atoms with Crippen molar-refractivity contribution in [1.82, 2.24) is 15.5 Å². The lowest BCUT2D eigenvalue weighted by Crippen LogP contribution is -2.72. The molecule has 2 N–H and O–H groups in total. The first-order chi connectivity index (χ1) is 15.2. The Morgan fingerprint density at radius 1 is 1.23 bits per heavy atom. The second kappa shape index (κ2) is 8.96. The van der Waals surface area contributed by atoms with Crippen molar-refractivity contribution in [1.29, 1.82) is 0 Å². The number of rotatable bonds is 6. The summed E-state index contributed by atoms with van der Waals surface area (Å²) in [4.78, 5) is 7.08. The van der Waals surface area contributed by atoms with Gasteiger partial charge in [-0.3, -0.25) is 9.89 Å². The van der Waals surface area contributed by atoms with E-state index in [-0.39, 0.29) is 6.04 Å². The Labute approximate surface area is 185 Å². The predicted octanol–water partition coefficient (Wildman–Crippen LogP) is 2.19. The molecule has 7 heteroatoms. The lowest BCUT2D eigenvalue weighted by atomic mass is 9.46. The standard InChI is InChI=1S/C24H36N4O3/c1-25-23(27-21-19-8-13-31-22(19)24(21)9-3-10-24)26-16-20(28-11-14-30-15-12-28)17-4-6-18(29-2)7-5-17/h4-7,19-22H,3,8-16H2,1-2H3,(H2,25,26,27). The molecule has 1 spiro atoms. The minimum absolute atomic E-state index is 0.259. The number of fused-ring (bicyclic) bond motifs is 2. The molecule has 4 atom stereocenters. The number of nitrogens with one attached hydrogen (secondary N) is 2. The average molecular weight is 429 g/mol. The van der Waals surface area contributed by atoms with E-state index in [1.54, 1.807) is 7.11 Å². The zero-order chi connectivity index (χ0) is 21.3. The van der Waals surface area contributed by atoms with Gasteiger partial charge >= 0.3 is 0 Å². The molecule has 2 saturated heterocycles. The van der Waals surface area contributed by atoms with Gasteiger partial charge in [-0.2, -0.15) is 0 Å². The third kappa shape index (κ3) is 3.81. The summed E-state index contributed by atoms with van der Waals surface area (Å²) in [6.45, 7) is 5.17. The molecule has 1 aromatic carbocycles. The molecule has 0 radical (unpaired) electrons. The normalized spacial score (nSPS) is 30.8. The molecule has 2 saturated carbocycles. The highest BCUT2D eigenvalue weighted by molar-refractivity contribution is 5.80. The van der Waals surface area contributed by atoms with Crippen molar-refractivity contribution in [3.63, 3.8) is 0 Å². The fourth-order valence-electron chi connectivity index (χ4n) is 6.16. The Balaban J connectivity index is 1.26. The van der Waals surface area contributed by atoms with E-state index in [4.69, 9.17) is 14.2 Å².